The highest BCUT2D eigenvalue weighted by molar-refractivity contribution is 9.10. The van der Waals surface area contributed by atoms with E-state index in [1.54, 1.807) is 0 Å². The summed E-state index contributed by atoms with van der Waals surface area (Å²) in [7, 11) is 0. The first-order valence-electron chi connectivity index (χ1n) is 6.01. The molecular formula is C13H11Br2F3N2O. The normalized spacial score (nSPS) is 13.5. The van der Waals surface area contributed by atoms with Gasteiger partial charge in [-0.25, -0.2) is 0 Å². The van der Waals surface area contributed by atoms with E-state index < -0.39 is 17.8 Å². The van der Waals surface area contributed by atoms with Gasteiger partial charge in [0.1, 0.15) is 6.10 Å². The van der Waals surface area contributed by atoms with Gasteiger partial charge in [-0.2, -0.15) is 18.3 Å². The van der Waals surface area contributed by atoms with Crippen molar-refractivity contribution in [3.05, 3.63) is 50.2 Å². The molecule has 114 valence electrons. The predicted octanol–water partition coefficient (Wildman–Crippen LogP) is 4.53. The molecule has 21 heavy (non-hydrogen) atoms. The monoisotopic (exact) mass is 426 g/mol. The van der Waals surface area contributed by atoms with Gasteiger partial charge < -0.3 is 5.11 Å². The lowest BCUT2D eigenvalue weighted by Crippen LogP contribution is -2.12. The minimum atomic E-state index is -4.46. The largest absolute Gasteiger partial charge is 0.416 e. The molecule has 0 bridgehead atoms. The first kappa shape index (κ1) is 16.5. The molecule has 1 atom stereocenters. The number of halogens is 5. The minimum absolute atomic E-state index is 0.140. The number of alkyl halides is 3. The molecule has 1 aromatic heterocycles. The quantitative estimate of drug-likeness (QED) is 0.781. The molecule has 0 aliphatic rings. The van der Waals surface area contributed by atoms with Crippen molar-refractivity contribution in [1.82, 2.24) is 9.78 Å². The third kappa shape index (κ3) is 3.32. The van der Waals surface area contributed by atoms with Gasteiger partial charge in [0.2, 0.25) is 0 Å². The maximum atomic E-state index is 12.8. The molecule has 0 aliphatic carbocycles. The van der Waals surface area contributed by atoms with Gasteiger partial charge in [0, 0.05) is 16.6 Å². The number of benzene rings is 1. The summed E-state index contributed by atoms with van der Waals surface area (Å²) in [6.07, 6.45) is -4.18. The Balaban J connectivity index is 2.52. The van der Waals surface area contributed by atoms with E-state index in [1.165, 1.54) is 16.9 Å². The fourth-order valence-corrected chi connectivity index (χ4v) is 2.95. The van der Waals surface area contributed by atoms with Gasteiger partial charge in [0.25, 0.3) is 0 Å². The van der Waals surface area contributed by atoms with Gasteiger partial charge in [0.15, 0.2) is 0 Å². The lowest BCUT2D eigenvalue weighted by Gasteiger charge is -2.17. The summed E-state index contributed by atoms with van der Waals surface area (Å²) < 4.78 is 40.9. The molecule has 0 saturated carbocycles. The average molecular weight is 428 g/mol. The molecule has 1 N–H and O–H groups in total. The summed E-state index contributed by atoms with van der Waals surface area (Å²) in [4.78, 5) is 0. The summed E-state index contributed by atoms with van der Waals surface area (Å²) in [5.41, 5.74) is -0.253. The van der Waals surface area contributed by atoms with Gasteiger partial charge in [-0.05, 0) is 41.1 Å². The Hall–Kier alpha value is -0.860. The smallest absolute Gasteiger partial charge is 0.382 e. The van der Waals surface area contributed by atoms with Crippen molar-refractivity contribution in [2.75, 3.05) is 0 Å². The molecule has 2 aromatic rings. The van der Waals surface area contributed by atoms with Crippen molar-refractivity contribution in [3.8, 4) is 0 Å². The number of hydrogen-bond acceptors (Lipinski definition) is 2. The van der Waals surface area contributed by atoms with E-state index in [9.17, 15) is 18.3 Å². The van der Waals surface area contributed by atoms with Crippen LogP contribution in [0.2, 0.25) is 0 Å². The summed E-state index contributed by atoms with van der Waals surface area (Å²) in [6, 6.07) is 3.18. The number of aliphatic hydroxyl groups excluding tert-OH is 1. The maximum absolute atomic E-state index is 12.8. The van der Waals surface area contributed by atoms with Gasteiger partial charge in [0.05, 0.1) is 21.9 Å². The zero-order valence-electron chi connectivity index (χ0n) is 10.8. The fourth-order valence-electron chi connectivity index (χ4n) is 1.97. The van der Waals surface area contributed by atoms with Crippen LogP contribution < -0.4 is 0 Å². The first-order valence-corrected chi connectivity index (χ1v) is 7.60. The maximum Gasteiger partial charge on any atom is 0.416 e. The Bertz CT molecular complexity index is 655. The summed E-state index contributed by atoms with van der Waals surface area (Å²) >= 11 is 6.44. The SMILES string of the molecule is CCn1ncc(Br)c1C(O)c1cc(C(F)(F)F)ccc1Br. The van der Waals surface area contributed by atoms with Crippen LogP contribution >= 0.6 is 31.9 Å². The van der Waals surface area contributed by atoms with Gasteiger partial charge in [-0.1, -0.05) is 15.9 Å². The Morgan fingerprint density at radius 2 is 1.95 bits per heavy atom. The van der Waals surface area contributed by atoms with E-state index in [2.05, 4.69) is 37.0 Å². The number of rotatable bonds is 3. The Labute approximate surface area is 136 Å². The second-order valence-electron chi connectivity index (χ2n) is 4.33. The predicted molar refractivity (Wildman–Crippen MR) is 78.8 cm³/mol. The zero-order valence-corrected chi connectivity index (χ0v) is 14.0. The van der Waals surface area contributed by atoms with Crippen molar-refractivity contribution in [2.45, 2.75) is 25.7 Å². The van der Waals surface area contributed by atoms with Crippen molar-refractivity contribution in [1.29, 1.82) is 0 Å². The van der Waals surface area contributed by atoms with Gasteiger partial charge >= 0.3 is 6.18 Å². The second kappa shape index (κ2) is 6.10. The Morgan fingerprint density at radius 3 is 2.52 bits per heavy atom. The molecule has 3 nitrogen and oxygen atoms in total. The van der Waals surface area contributed by atoms with E-state index >= 15 is 0 Å². The van der Waals surface area contributed by atoms with Crippen molar-refractivity contribution in [2.24, 2.45) is 0 Å². The third-order valence-electron chi connectivity index (χ3n) is 3.01. The van der Waals surface area contributed by atoms with Crippen LogP contribution in [0, 0.1) is 0 Å². The average Bonchev–Trinajstić information content (AvgIpc) is 2.78. The minimum Gasteiger partial charge on any atom is -0.382 e. The molecule has 1 unspecified atom stereocenters. The fraction of sp³-hybridized carbons (Fsp3) is 0.308. The molecule has 2 rings (SSSR count). The standard InChI is InChI=1S/C13H11Br2F3N2O/c1-2-20-11(10(15)6-19-20)12(21)8-5-7(13(16,17)18)3-4-9(8)14/h3-6,12,21H,2H2,1H3. The first-order chi connectivity index (χ1) is 9.75. The van der Waals surface area contributed by atoms with Crippen LogP contribution in [-0.2, 0) is 12.7 Å². The molecule has 0 radical (unpaired) electrons. The molecule has 0 spiro atoms. The lowest BCUT2D eigenvalue weighted by molar-refractivity contribution is -0.137. The van der Waals surface area contributed by atoms with Crippen molar-refractivity contribution in [3.63, 3.8) is 0 Å². The molecule has 8 heteroatoms. The van der Waals surface area contributed by atoms with Crippen LogP contribution in [0.3, 0.4) is 0 Å². The number of nitrogens with zero attached hydrogens (tertiary/aromatic N) is 2. The summed E-state index contributed by atoms with van der Waals surface area (Å²) in [5, 5.41) is 14.5. The van der Waals surface area contributed by atoms with E-state index in [0.29, 0.717) is 21.2 Å². The topological polar surface area (TPSA) is 38.0 Å². The van der Waals surface area contributed by atoms with Gasteiger partial charge in [-0.3, -0.25) is 4.68 Å². The van der Waals surface area contributed by atoms with Crippen LogP contribution in [0.15, 0.2) is 33.3 Å². The highest BCUT2D eigenvalue weighted by Gasteiger charge is 2.32. The Morgan fingerprint density at radius 1 is 1.29 bits per heavy atom. The third-order valence-corrected chi connectivity index (χ3v) is 4.34. The molecule has 0 fully saturated rings. The van der Waals surface area contributed by atoms with Crippen LogP contribution in [0.25, 0.3) is 0 Å². The van der Waals surface area contributed by atoms with Crippen LogP contribution in [-0.4, -0.2) is 14.9 Å². The van der Waals surface area contributed by atoms with Crippen LogP contribution in [0.5, 0.6) is 0 Å². The lowest BCUT2D eigenvalue weighted by atomic mass is 10.0. The van der Waals surface area contributed by atoms with Crippen molar-refractivity contribution >= 4 is 31.9 Å². The van der Waals surface area contributed by atoms with E-state index in [0.717, 1.165) is 12.1 Å². The van der Waals surface area contributed by atoms with Crippen molar-refractivity contribution < 1.29 is 18.3 Å². The van der Waals surface area contributed by atoms with Gasteiger partial charge in [-0.15, -0.1) is 0 Å². The molecule has 0 amide bonds. The van der Waals surface area contributed by atoms with Crippen LogP contribution in [0.4, 0.5) is 13.2 Å². The molecule has 1 heterocycles. The number of aryl methyl sites for hydroxylation is 1. The molecular weight excluding hydrogens is 417 g/mol. The number of aromatic nitrogens is 2. The Kier molecular flexibility index (Phi) is 4.79. The molecule has 1 aromatic carbocycles. The van der Waals surface area contributed by atoms with E-state index in [1.807, 2.05) is 6.92 Å². The van der Waals surface area contributed by atoms with Crippen LogP contribution in [0.1, 0.15) is 29.8 Å². The van der Waals surface area contributed by atoms with E-state index in [-0.39, 0.29) is 5.56 Å². The molecule has 0 aliphatic heterocycles. The van der Waals surface area contributed by atoms with E-state index in [4.69, 9.17) is 0 Å². The second-order valence-corrected chi connectivity index (χ2v) is 6.04. The highest BCUT2D eigenvalue weighted by atomic mass is 79.9. The molecule has 0 saturated heterocycles. The highest BCUT2D eigenvalue weighted by Crippen LogP contribution is 2.37. The number of hydrogen-bond donors (Lipinski definition) is 1. The number of aliphatic hydroxyl groups is 1. The summed E-state index contributed by atoms with van der Waals surface area (Å²) in [6.45, 7) is 2.32. The zero-order chi connectivity index (χ0) is 15.8. The summed E-state index contributed by atoms with van der Waals surface area (Å²) in [5.74, 6) is 0.